The summed E-state index contributed by atoms with van der Waals surface area (Å²) in [7, 11) is 0. The van der Waals surface area contributed by atoms with Crippen LogP contribution < -0.4 is 5.73 Å². The van der Waals surface area contributed by atoms with Crippen LogP contribution in [0.2, 0.25) is 0 Å². The lowest BCUT2D eigenvalue weighted by Gasteiger charge is -2.14. The molecule has 0 saturated carbocycles. The van der Waals surface area contributed by atoms with Gasteiger partial charge in [0.25, 0.3) is 0 Å². The van der Waals surface area contributed by atoms with Crippen molar-refractivity contribution in [3.8, 4) is 5.75 Å². The Kier molecular flexibility index (Phi) is 2.49. The van der Waals surface area contributed by atoms with Crippen molar-refractivity contribution in [2.24, 2.45) is 0 Å². The molecule has 2 aliphatic heterocycles. The van der Waals surface area contributed by atoms with Crippen LogP contribution in [0.3, 0.4) is 0 Å². The zero-order valence-electron chi connectivity index (χ0n) is 9.90. The van der Waals surface area contributed by atoms with Crippen LogP contribution in [-0.4, -0.2) is 30.5 Å². The maximum absolute atomic E-state index is 9.84. The smallest absolute Gasteiger partial charge is 0.120 e. The molecular formula is C13H17NO3. The highest BCUT2D eigenvalue weighted by Gasteiger charge is 2.29. The van der Waals surface area contributed by atoms with Crippen LogP contribution in [-0.2, 0) is 22.3 Å². The molecule has 0 spiro atoms. The largest absolute Gasteiger partial charge is 0.508 e. The summed E-state index contributed by atoms with van der Waals surface area (Å²) in [6.07, 6.45) is 2.28. The van der Waals surface area contributed by atoms with E-state index in [0.29, 0.717) is 17.9 Å². The molecule has 2 aliphatic rings. The first-order valence-electron chi connectivity index (χ1n) is 5.98. The van der Waals surface area contributed by atoms with Crippen molar-refractivity contribution in [1.82, 2.24) is 0 Å². The van der Waals surface area contributed by atoms with Crippen LogP contribution in [0, 0.1) is 6.92 Å². The van der Waals surface area contributed by atoms with E-state index in [1.54, 1.807) is 0 Å². The molecule has 1 aromatic carbocycles. The molecule has 2 fully saturated rings. The number of hydrogen-bond acceptors (Lipinski definition) is 4. The summed E-state index contributed by atoms with van der Waals surface area (Å²) < 4.78 is 10.5. The summed E-state index contributed by atoms with van der Waals surface area (Å²) in [5, 5.41) is 9.84. The fourth-order valence-corrected chi connectivity index (χ4v) is 2.17. The predicted octanol–water partition coefficient (Wildman–Crippen LogP) is 1.17. The molecule has 0 aromatic heterocycles. The van der Waals surface area contributed by atoms with Gasteiger partial charge in [0.2, 0.25) is 0 Å². The molecule has 3 rings (SSSR count). The van der Waals surface area contributed by atoms with E-state index in [1.165, 1.54) is 0 Å². The first-order chi connectivity index (χ1) is 8.15. The van der Waals surface area contributed by atoms with Crippen LogP contribution in [0.1, 0.15) is 16.7 Å². The van der Waals surface area contributed by atoms with E-state index in [1.807, 2.05) is 13.0 Å². The quantitative estimate of drug-likeness (QED) is 0.607. The number of epoxide rings is 2. The number of hydrogen-bond donors (Lipinski definition) is 2. The molecule has 0 aliphatic carbocycles. The highest BCUT2D eigenvalue weighted by atomic mass is 16.6. The standard InChI is InChI=1S/C13H17NO3/c1-7-12(15)3-8(2-9-5-16-9)11(13(7)14)4-10-6-17-10/h3,9-10,15H,2,4-6,14H2,1H3. The Bertz CT molecular complexity index is 450. The Morgan fingerprint density at radius 3 is 2.47 bits per heavy atom. The van der Waals surface area contributed by atoms with Crippen LogP contribution in [0.15, 0.2) is 6.07 Å². The van der Waals surface area contributed by atoms with Crippen molar-refractivity contribution in [3.05, 3.63) is 22.8 Å². The SMILES string of the molecule is Cc1c(O)cc(CC2CO2)c(CC2CO2)c1N. The van der Waals surface area contributed by atoms with Crippen LogP contribution in [0.4, 0.5) is 5.69 Å². The van der Waals surface area contributed by atoms with E-state index >= 15 is 0 Å². The highest BCUT2D eigenvalue weighted by Crippen LogP contribution is 2.34. The van der Waals surface area contributed by atoms with Gasteiger partial charge in [0, 0.05) is 24.1 Å². The number of nitrogens with two attached hydrogens (primary N) is 1. The van der Waals surface area contributed by atoms with Crippen LogP contribution in [0.5, 0.6) is 5.75 Å². The summed E-state index contributed by atoms with van der Waals surface area (Å²) in [5.41, 5.74) is 9.79. The van der Waals surface area contributed by atoms with Crippen molar-refractivity contribution in [2.75, 3.05) is 18.9 Å². The van der Waals surface area contributed by atoms with Gasteiger partial charge in [-0.1, -0.05) is 0 Å². The molecule has 92 valence electrons. The van der Waals surface area contributed by atoms with Gasteiger partial charge in [0.1, 0.15) is 5.75 Å². The summed E-state index contributed by atoms with van der Waals surface area (Å²) in [5.74, 6) is 0.276. The number of ether oxygens (including phenoxy) is 2. The average Bonchev–Trinajstić information content (AvgIpc) is 3.15. The first-order valence-corrected chi connectivity index (χ1v) is 5.98. The fraction of sp³-hybridized carbons (Fsp3) is 0.538. The van der Waals surface area contributed by atoms with Crippen molar-refractivity contribution in [2.45, 2.75) is 32.0 Å². The molecule has 2 atom stereocenters. The van der Waals surface area contributed by atoms with E-state index in [4.69, 9.17) is 15.2 Å². The van der Waals surface area contributed by atoms with E-state index in [-0.39, 0.29) is 5.75 Å². The molecule has 4 nitrogen and oxygen atoms in total. The maximum atomic E-state index is 9.84. The zero-order chi connectivity index (χ0) is 12.0. The Hall–Kier alpha value is -1.26. The highest BCUT2D eigenvalue weighted by molar-refractivity contribution is 5.62. The third kappa shape index (κ3) is 2.23. The second kappa shape index (κ2) is 3.89. The van der Waals surface area contributed by atoms with Gasteiger partial charge in [-0.25, -0.2) is 0 Å². The average molecular weight is 235 g/mol. The molecule has 0 radical (unpaired) electrons. The first kappa shape index (κ1) is 10.9. The number of phenols is 1. The summed E-state index contributed by atoms with van der Waals surface area (Å²) in [4.78, 5) is 0. The predicted molar refractivity (Wildman–Crippen MR) is 64.1 cm³/mol. The number of benzene rings is 1. The van der Waals surface area contributed by atoms with E-state index in [2.05, 4.69) is 0 Å². The second-order valence-corrected chi connectivity index (χ2v) is 4.89. The number of rotatable bonds is 4. The van der Waals surface area contributed by atoms with E-state index in [0.717, 1.165) is 42.7 Å². The molecule has 1 aromatic rings. The van der Waals surface area contributed by atoms with Gasteiger partial charge in [-0.3, -0.25) is 0 Å². The van der Waals surface area contributed by atoms with Gasteiger partial charge in [0.05, 0.1) is 25.4 Å². The molecule has 0 bridgehead atoms. The summed E-state index contributed by atoms with van der Waals surface area (Å²) >= 11 is 0. The minimum Gasteiger partial charge on any atom is -0.508 e. The Morgan fingerprint density at radius 2 is 1.88 bits per heavy atom. The topological polar surface area (TPSA) is 71.3 Å². The Balaban J connectivity index is 1.96. The van der Waals surface area contributed by atoms with Gasteiger partial charge in [-0.2, -0.15) is 0 Å². The number of aromatic hydroxyl groups is 1. The summed E-state index contributed by atoms with van der Waals surface area (Å²) in [6.45, 7) is 3.48. The summed E-state index contributed by atoms with van der Waals surface area (Å²) in [6, 6.07) is 1.82. The van der Waals surface area contributed by atoms with Crippen LogP contribution in [0.25, 0.3) is 0 Å². The Morgan fingerprint density at radius 1 is 1.29 bits per heavy atom. The number of phenolic OH excluding ortho intramolecular Hbond substituents is 1. The lowest BCUT2D eigenvalue weighted by Crippen LogP contribution is -2.08. The van der Waals surface area contributed by atoms with Crippen molar-refractivity contribution in [3.63, 3.8) is 0 Å². The third-order valence-electron chi connectivity index (χ3n) is 3.50. The van der Waals surface area contributed by atoms with Crippen molar-refractivity contribution >= 4 is 5.69 Å². The molecule has 2 saturated heterocycles. The monoisotopic (exact) mass is 235 g/mol. The van der Waals surface area contributed by atoms with Crippen molar-refractivity contribution in [1.29, 1.82) is 0 Å². The van der Waals surface area contributed by atoms with Gasteiger partial charge in [-0.05, 0) is 24.1 Å². The van der Waals surface area contributed by atoms with Gasteiger partial charge >= 0.3 is 0 Å². The molecule has 2 unspecified atom stereocenters. The fourth-order valence-electron chi connectivity index (χ4n) is 2.17. The number of nitrogen functional groups attached to an aromatic ring is 1. The zero-order valence-corrected chi connectivity index (χ0v) is 9.90. The van der Waals surface area contributed by atoms with E-state index < -0.39 is 0 Å². The maximum Gasteiger partial charge on any atom is 0.120 e. The molecule has 3 N–H and O–H groups in total. The Labute approximate surface area is 100 Å². The minimum atomic E-state index is 0.276. The van der Waals surface area contributed by atoms with Crippen LogP contribution >= 0.6 is 0 Å². The van der Waals surface area contributed by atoms with Gasteiger partial charge in [-0.15, -0.1) is 0 Å². The van der Waals surface area contributed by atoms with E-state index in [9.17, 15) is 5.11 Å². The molecule has 2 heterocycles. The van der Waals surface area contributed by atoms with Gasteiger partial charge in [0.15, 0.2) is 0 Å². The lowest BCUT2D eigenvalue weighted by atomic mass is 9.94. The molecular weight excluding hydrogens is 218 g/mol. The van der Waals surface area contributed by atoms with Gasteiger partial charge < -0.3 is 20.3 Å². The third-order valence-corrected chi connectivity index (χ3v) is 3.50. The normalized spacial score (nSPS) is 25.9. The minimum absolute atomic E-state index is 0.276. The molecule has 17 heavy (non-hydrogen) atoms. The molecule has 0 amide bonds. The second-order valence-electron chi connectivity index (χ2n) is 4.89. The number of anilines is 1. The van der Waals surface area contributed by atoms with Crippen molar-refractivity contribution < 1.29 is 14.6 Å². The molecule has 4 heteroatoms. The lowest BCUT2D eigenvalue weighted by molar-refractivity contribution is 0.401.